The van der Waals surface area contributed by atoms with Gasteiger partial charge in [0.15, 0.2) is 11.5 Å². The fraction of sp³-hybridized carbons (Fsp3) is 0.211. The van der Waals surface area contributed by atoms with Crippen LogP contribution in [-0.4, -0.2) is 30.2 Å². The minimum atomic E-state index is -0.574. The standard InChI is InChI=1S/C19H20BrN3O4/c1-11-4-5-15(12(2)6-11)22-17(24)9-18(25)23-21-10-13-7-14(20)8-16(27-3)19(13)26/h4-8,10,26H,9H2,1-3H3,(H,22,24)(H,23,25)/b21-10+. The molecule has 2 aromatic rings. The molecule has 27 heavy (non-hydrogen) atoms. The monoisotopic (exact) mass is 433 g/mol. The summed E-state index contributed by atoms with van der Waals surface area (Å²) in [4.78, 5) is 23.9. The van der Waals surface area contributed by atoms with E-state index in [1.807, 2.05) is 26.0 Å². The molecule has 0 aliphatic rings. The smallest absolute Gasteiger partial charge is 0.249 e. The second kappa shape index (κ2) is 9.18. The number of hydrogen-bond acceptors (Lipinski definition) is 5. The molecule has 8 heteroatoms. The van der Waals surface area contributed by atoms with Gasteiger partial charge in [0.2, 0.25) is 11.8 Å². The number of methoxy groups -OCH3 is 1. The van der Waals surface area contributed by atoms with Crippen molar-refractivity contribution in [1.82, 2.24) is 5.43 Å². The van der Waals surface area contributed by atoms with Crippen LogP contribution in [0.2, 0.25) is 0 Å². The maximum Gasteiger partial charge on any atom is 0.249 e. The third-order valence-corrected chi connectivity index (χ3v) is 4.12. The van der Waals surface area contributed by atoms with Crippen molar-refractivity contribution < 1.29 is 19.4 Å². The molecule has 0 saturated carbocycles. The van der Waals surface area contributed by atoms with E-state index in [4.69, 9.17) is 4.74 Å². The maximum absolute atomic E-state index is 12.0. The molecule has 0 radical (unpaired) electrons. The molecule has 0 fully saturated rings. The van der Waals surface area contributed by atoms with Crippen LogP contribution < -0.4 is 15.5 Å². The summed E-state index contributed by atoms with van der Waals surface area (Å²) in [5.41, 5.74) is 5.27. The molecule has 2 rings (SSSR count). The minimum Gasteiger partial charge on any atom is -0.504 e. The van der Waals surface area contributed by atoms with Gasteiger partial charge in [0.05, 0.1) is 13.3 Å². The Labute approximate surface area is 165 Å². The summed E-state index contributed by atoms with van der Waals surface area (Å²) in [6.07, 6.45) is 0.890. The Morgan fingerprint density at radius 2 is 1.96 bits per heavy atom. The van der Waals surface area contributed by atoms with Crippen LogP contribution in [0.25, 0.3) is 0 Å². The number of hydrogen-bond donors (Lipinski definition) is 3. The highest BCUT2D eigenvalue weighted by Gasteiger charge is 2.11. The summed E-state index contributed by atoms with van der Waals surface area (Å²) in [5.74, 6) is -0.854. The first-order chi connectivity index (χ1) is 12.8. The number of carbonyl (C=O) groups excluding carboxylic acids is 2. The van der Waals surface area contributed by atoms with Crippen molar-refractivity contribution in [3.63, 3.8) is 0 Å². The zero-order valence-corrected chi connectivity index (χ0v) is 16.8. The van der Waals surface area contributed by atoms with Gasteiger partial charge < -0.3 is 15.2 Å². The van der Waals surface area contributed by atoms with E-state index in [1.165, 1.54) is 13.3 Å². The van der Waals surface area contributed by atoms with Crippen molar-refractivity contribution in [3.8, 4) is 11.5 Å². The average Bonchev–Trinajstić information content (AvgIpc) is 2.60. The molecule has 7 nitrogen and oxygen atoms in total. The lowest BCUT2D eigenvalue weighted by molar-refractivity contribution is -0.126. The Balaban J connectivity index is 1.93. The van der Waals surface area contributed by atoms with Gasteiger partial charge in [-0.1, -0.05) is 33.6 Å². The van der Waals surface area contributed by atoms with Crippen molar-refractivity contribution >= 4 is 39.6 Å². The number of rotatable bonds is 6. The molecule has 142 valence electrons. The normalized spacial score (nSPS) is 10.7. The number of aryl methyl sites for hydroxylation is 2. The maximum atomic E-state index is 12.0. The van der Waals surface area contributed by atoms with E-state index in [1.54, 1.807) is 18.2 Å². The highest BCUT2D eigenvalue weighted by Crippen LogP contribution is 2.32. The first kappa shape index (κ1) is 20.4. The summed E-state index contributed by atoms with van der Waals surface area (Å²) in [7, 11) is 1.43. The highest BCUT2D eigenvalue weighted by atomic mass is 79.9. The number of amides is 2. The summed E-state index contributed by atoms with van der Waals surface area (Å²) >= 11 is 3.29. The second-order valence-corrected chi connectivity index (χ2v) is 6.80. The molecule has 0 aliphatic carbocycles. The molecule has 2 aromatic carbocycles. The fourth-order valence-electron chi connectivity index (χ4n) is 2.36. The van der Waals surface area contributed by atoms with Gasteiger partial charge in [0.1, 0.15) is 6.42 Å². The van der Waals surface area contributed by atoms with E-state index < -0.39 is 11.8 Å². The quantitative estimate of drug-likeness (QED) is 0.369. The fourth-order valence-corrected chi connectivity index (χ4v) is 2.81. The predicted molar refractivity (Wildman–Crippen MR) is 107 cm³/mol. The Hall–Kier alpha value is -2.87. The number of phenols is 1. The van der Waals surface area contributed by atoms with Crippen LogP contribution in [0.5, 0.6) is 11.5 Å². The van der Waals surface area contributed by atoms with Gasteiger partial charge in [-0.05, 0) is 37.6 Å². The topological polar surface area (TPSA) is 100 Å². The number of benzene rings is 2. The second-order valence-electron chi connectivity index (χ2n) is 5.88. The predicted octanol–water partition coefficient (Wildman–Crippen LogP) is 3.26. The highest BCUT2D eigenvalue weighted by molar-refractivity contribution is 9.10. The largest absolute Gasteiger partial charge is 0.504 e. The van der Waals surface area contributed by atoms with E-state index in [0.29, 0.717) is 15.7 Å². The molecular weight excluding hydrogens is 414 g/mol. The van der Waals surface area contributed by atoms with Gasteiger partial charge in [-0.25, -0.2) is 5.43 Å². The number of phenolic OH excluding ortho intramolecular Hbond substituents is 1. The van der Waals surface area contributed by atoms with Gasteiger partial charge in [-0.3, -0.25) is 9.59 Å². The zero-order chi connectivity index (χ0) is 20.0. The number of halogens is 1. The number of carbonyl (C=O) groups is 2. The zero-order valence-electron chi connectivity index (χ0n) is 15.2. The molecule has 0 saturated heterocycles. The molecule has 0 aliphatic heterocycles. The molecule has 0 bridgehead atoms. The molecule has 2 amide bonds. The Kier molecular flexibility index (Phi) is 6.95. The molecule has 0 spiro atoms. The van der Waals surface area contributed by atoms with Crippen molar-refractivity contribution in [2.45, 2.75) is 20.3 Å². The van der Waals surface area contributed by atoms with Crippen molar-refractivity contribution in [2.24, 2.45) is 5.10 Å². The van der Waals surface area contributed by atoms with Crippen molar-refractivity contribution in [1.29, 1.82) is 0 Å². The molecule has 0 heterocycles. The first-order valence-electron chi connectivity index (χ1n) is 8.05. The number of anilines is 1. The van der Waals surface area contributed by atoms with Gasteiger partial charge in [-0.2, -0.15) is 5.10 Å². The van der Waals surface area contributed by atoms with E-state index in [2.05, 4.69) is 31.8 Å². The molecular formula is C19H20BrN3O4. The summed E-state index contributed by atoms with van der Waals surface area (Å²) in [6, 6.07) is 8.83. The van der Waals surface area contributed by atoms with Crippen LogP contribution in [0.1, 0.15) is 23.1 Å². The average molecular weight is 434 g/mol. The van der Waals surface area contributed by atoms with Gasteiger partial charge in [0, 0.05) is 15.7 Å². The van der Waals surface area contributed by atoms with Gasteiger partial charge in [0.25, 0.3) is 0 Å². The number of ether oxygens (including phenoxy) is 1. The number of nitrogens with zero attached hydrogens (tertiary/aromatic N) is 1. The van der Waals surface area contributed by atoms with Crippen LogP contribution in [0.3, 0.4) is 0 Å². The lowest BCUT2D eigenvalue weighted by Gasteiger charge is -2.08. The van der Waals surface area contributed by atoms with Crippen molar-refractivity contribution in [3.05, 3.63) is 51.5 Å². The summed E-state index contributed by atoms with van der Waals surface area (Å²) in [6.45, 7) is 3.84. The Morgan fingerprint density at radius 1 is 1.22 bits per heavy atom. The van der Waals surface area contributed by atoms with Gasteiger partial charge in [-0.15, -0.1) is 0 Å². The third kappa shape index (κ3) is 5.82. The van der Waals surface area contributed by atoms with E-state index in [9.17, 15) is 14.7 Å². The molecule has 0 aromatic heterocycles. The van der Waals surface area contributed by atoms with Crippen LogP contribution in [-0.2, 0) is 9.59 Å². The van der Waals surface area contributed by atoms with Crippen LogP contribution in [0.15, 0.2) is 39.9 Å². The lowest BCUT2D eigenvalue weighted by Crippen LogP contribution is -2.24. The first-order valence-corrected chi connectivity index (χ1v) is 8.85. The summed E-state index contributed by atoms with van der Waals surface area (Å²) < 4.78 is 5.72. The summed E-state index contributed by atoms with van der Waals surface area (Å²) in [5, 5.41) is 16.5. The van der Waals surface area contributed by atoms with Crippen LogP contribution >= 0.6 is 15.9 Å². The molecule has 0 atom stereocenters. The van der Waals surface area contributed by atoms with Gasteiger partial charge >= 0.3 is 0 Å². The Morgan fingerprint density at radius 3 is 2.63 bits per heavy atom. The van der Waals surface area contributed by atoms with E-state index >= 15 is 0 Å². The van der Waals surface area contributed by atoms with E-state index in [0.717, 1.165) is 11.1 Å². The number of hydrazone groups is 1. The molecule has 0 unspecified atom stereocenters. The molecule has 3 N–H and O–H groups in total. The SMILES string of the molecule is COc1cc(Br)cc(/C=N/NC(=O)CC(=O)Nc2ccc(C)cc2C)c1O. The van der Waals surface area contributed by atoms with Crippen molar-refractivity contribution in [2.75, 3.05) is 12.4 Å². The van der Waals surface area contributed by atoms with Crippen LogP contribution in [0, 0.1) is 13.8 Å². The van der Waals surface area contributed by atoms with Crippen LogP contribution in [0.4, 0.5) is 5.69 Å². The number of aromatic hydroxyl groups is 1. The lowest BCUT2D eigenvalue weighted by atomic mass is 10.1. The third-order valence-electron chi connectivity index (χ3n) is 3.66. The minimum absolute atomic E-state index is 0.105. The number of nitrogens with one attached hydrogen (secondary N) is 2. The Bertz CT molecular complexity index is 897. The van der Waals surface area contributed by atoms with E-state index in [-0.39, 0.29) is 17.9 Å².